The molecule has 4 aliphatic heterocycles. The molecule has 6 aliphatic rings. The molecule has 4 heterocycles. The van der Waals surface area contributed by atoms with Crippen LogP contribution in [-0.4, -0.2) is 85.5 Å². The molecular formula is C42H47F3N6O4. The Balaban J connectivity index is 0.734. The molecule has 4 fully saturated rings. The van der Waals surface area contributed by atoms with Gasteiger partial charge >= 0.3 is 6.18 Å². The minimum Gasteiger partial charge on any atom is -0.495 e. The maximum Gasteiger partial charge on any atom is 0.417 e. The van der Waals surface area contributed by atoms with Crippen LogP contribution in [0.4, 0.5) is 24.5 Å². The zero-order valence-corrected chi connectivity index (χ0v) is 31.0. The largest absolute Gasteiger partial charge is 0.495 e. The van der Waals surface area contributed by atoms with Gasteiger partial charge in [0.2, 0.25) is 11.8 Å². The van der Waals surface area contributed by atoms with Crippen LogP contribution in [0.1, 0.15) is 84.8 Å². The third kappa shape index (κ3) is 7.97. The molecule has 10 nitrogen and oxygen atoms in total. The Morgan fingerprint density at radius 3 is 2.27 bits per heavy atom. The van der Waals surface area contributed by atoms with Gasteiger partial charge in [-0.2, -0.15) is 18.4 Å². The quantitative estimate of drug-likeness (QED) is 0.303. The zero-order chi connectivity index (χ0) is 38.3. The van der Waals surface area contributed by atoms with Crippen molar-refractivity contribution in [2.45, 2.75) is 82.7 Å². The molecule has 8 rings (SSSR count). The number of halogens is 3. The van der Waals surface area contributed by atoms with Gasteiger partial charge in [0.05, 0.1) is 29.1 Å². The average Bonchev–Trinajstić information content (AvgIpc) is 3.50. The molecule has 3 amide bonds. The summed E-state index contributed by atoms with van der Waals surface area (Å²) in [7, 11) is 0. The number of nitrogens with zero attached hydrogens (tertiary/aromatic N) is 5. The van der Waals surface area contributed by atoms with Crippen LogP contribution in [0, 0.1) is 23.2 Å². The number of piperidine rings is 2. The molecule has 0 bridgehead atoms. The number of anilines is 2. The highest BCUT2D eigenvalue weighted by molar-refractivity contribution is 6.05. The number of carbonyl (C=O) groups is 3. The number of amides is 3. The molecule has 0 spiro atoms. The van der Waals surface area contributed by atoms with E-state index >= 15 is 0 Å². The first-order valence-corrected chi connectivity index (χ1v) is 19.7. The van der Waals surface area contributed by atoms with Gasteiger partial charge in [0, 0.05) is 75.6 Å². The number of nitrogens with one attached hydrogen (secondary N) is 1. The molecule has 2 aromatic rings. The number of rotatable bonds is 9. The first-order valence-electron chi connectivity index (χ1n) is 19.7. The lowest BCUT2D eigenvalue weighted by Crippen LogP contribution is -2.52. The summed E-state index contributed by atoms with van der Waals surface area (Å²) in [6.45, 7) is 6.64. The van der Waals surface area contributed by atoms with Crippen LogP contribution in [0.5, 0.6) is 0 Å². The number of imide groups is 1. The maximum absolute atomic E-state index is 13.5. The Labute approximate surface area is 319 Å². The molecule has 13 heteroatoms. The summed E-state index contributed by atoms with van der Waals surface area (Å²) in [6, 6.07) is 11.1. The monoisotopic (exact) mass is 756 g/mol. The summed E-state index contributed by atoms with van der Waals surface area (Å²) in [5.41, 5.74) is 3.39. The number of hydrogen-bond acceptors (Lipinski definition) is 8. The van der Waals surface area contributed by atoms with E-state index in [2.05, 4.69) is 33.3 Å². The van der Waals surface area contributed by atoms with Crippen LogP contribution in [0.3, 0.4) is 0 Å². The summed E-state index contributed by atoms with van der Waals surface area (Å²) in [5.74, 6) is 1.33. The second-order valence-electron chi connectivity index (χ2n) is 15.9. The molecule has 0 aromatic heterocycles. The molecular weight excluding hydrogens is 709 g/mol. The molecule has 1 N–H and O–H groups in total. The van der Waals surface area contributed by atoms with Gasteiger partial charge < -0.3 is 19.4 Å². The van der Waals surface area contributed by atoms with Crippen LogP contribution in [-0.2, 0) is 27.0 Å². The number of nitriles is 1. The standard InChI is InChI=1S/C42H47F3N6O4/c43-42(44,45)37-24-33(4-1-30(37)25-46)49-15-12-29(13-16-49)28-2-6-34(7-3-28)55-35-21-27(22-35)11-14-48-17-19-50(20-18-48)32-5-8-36-31(23-32)26-51(41(36)54)38-9-10-39(52)47-40(38)53/h1-2,4-6,8,23-24,27,29,35,38H,3,7,9-22,26H2,(H,47,52,53)/t27-,35+,38?. The molecule has 1 unspecified atom stereocenters. The van der Waals surface area contributed by atoms with Crippen LogP contribution < -0.4 is 15.1 Å². The highest BCUT2D eigenvalue weighted by atomic mass is 19.4. The number of allylic oxidation sites excluding steroid dienone is 4. The second kappa shape index (κ2) is 15.4. The first-order chi connectivity index (χ1) is 26.5. The van der Waals surface area contributed by atoms with Gasteiger partial charge in [-0.15, -0.1) is 0 Å². The number of alkyl halides is 3. The molecule has 2 aromatic carbocycles. The van der Waals surface area contributed by atoms with Crippen molar-refractivity contribution in [1.82, 2.24) is 15.1 Å². The van der Waals surface area contributed by atoms with Crippen molar-refractivity contribution in [3.8, 4) is 6.07 Å². The van der Waals surface area contributed by atoms with Gasteiger partial charge in [0.25, 0.3) is 5.91 Å². The van der Waals surface area contributed by atoms with E-state index in [0.717, 1.165) is 94.3 Å². The van der Waals surface area contributed by atoms with Gasteiger partial charge in [0.1, 0.15) is 6.04 Å². The highest BCUT2D eigenvalue weighted by Crippen LogP contribution is 2.39. The Morgan fingerprint density at radius 2 is 1.58 bits per heavy atom. The Hall–Kier alpha value is -4.83. The van der Waals surface area contributed by atoms with Gasteiger partial charge in [-0.3, -0.25) is 24.6 Å². The van der Waals surface area contributed by atoms with Gasteiger partial charge in [-0.05, 0) is 111 Å². The highest BCUT2D eigenvalue weighted by Gasteiger charge is 2.40. The van der Waals surface area contributed by atoms with Crippen molar-refractivity contribution in [2.75, 3.05) is 55.6 Å². The van der Waals surface area contributed by atoms with Crippen LogP contribution in [0.2, 0.25) is 0 Å². The Morgan fingerprint density at radius 1 is 0.855 bits per heavy atom. The van der Waals surface area contributed by atoms with Gasteiger partial charge in [0.15, 0.2) is 0 Å². The number of carbonyl (C=O) groups excluding carboxylic acids is 3. The molecule has 0 radical (unpaired) electrons. The number of piperazine rings is 1. The SMILES string of the molecule is N#Cc1ccc(N2CCC(C3=CC=C(O[C@H]4C[C@@H](CCN5CCN(c6ccc7c(c6)CN(C6CCC(=O)NC6=O)C7=O)CC5)C4)CC3)CC2)cc1C(F)(F)F. The summed E-state index contributed by atoms with van der Waals surface area (Å²) < 4.78 is 46.8. The summed E-state index contributed by atoms with van der Waals surface area (Å²) >= 11 is 0. The van der Waals surface area contributed by atoms with E-state index in [1.165, 1.54) is 18.1 Å². The molecule has 290 valence electrons. The molecule has 2 aliphatic carbocycles. The fourth-order valence-electron chi connectivity index (χ4n) is 9.21. The molecule has 55 heavy (non-hydrogen) atoms. The zero-order valence-electron chi connectivity index (χ0n) is 31.0. The normalized spacial score (nSPS) is 25.2. The summed E-state index contributed by atoms with van der Waals surface area (Å²) in [4.78, 5) is 45.6. The average molecular weight is 757 g/mol. The molecule has 1 saturated carbocycles. The predicted molar refractivity (Wildman–Crippen MR) is 200 cm³/mol. The van der Waals surface area contributed by atoms with Crippen molar-refractivity contribution >= 4 is 29.1 Å². The number of hydrogen-bond donors (Lipinski definition) is 1. The Kier molecular flexibility index (Phi) is 10.4. The van der Waals surface area contributed by atoms with Gasteiger partial charge in [-0.25, -0.2) is 0 Å². The molecule has 1 atom stereocenters. The van der Waals surface area contributed by atoms with Crippen LogP contribution >= 0.6 is 0 Å². The smallest absolute Gasteiger partial charge is 0.417 e. The minimum absolute atomic E-state index is 0.143. The lowest BCUT2D eigenvalue weighted by atomic mass is 9.79. The lowest BCUT2D eigenvalue weighted by Gasteiger charge is -2.40. The van der Waals surface area contributed by atoms with E-state index in [-0.39, 0.29) is 35.8 Å². The van der Waals surface area contributed by atoms with Crippen molar-refractivity contribution in [1.29, 1.82) is 5.26 Å². The number of benzene rings is 2. The second-order valence-corrected chi connectivity index (χ2v) is 15.9. The van der Waals surface area contributed by atoms with E-state index in [0.29, 0.717) is 49.1 Å². The fraction of sp³-hybridized carbons (Fsp3) is 0.524. The summed E-state index contributed by atoms with van der Waals surface area (Å²) in [6.07, 6.45) is 7.62. The topological polar surface area (TPSA) is 109 Å². The van der Waals surface area contributed by atoms with E-state index in [9.17, 15) is 27.6 Å². The third-order valence-corrected chi connectivity index (χ3v) is 12.6. The van der Waals surface area contributed by atoms with Crippen molar-refractivity contribution < 1.29 is 32.3 Å². The number of fused-ring (bicyclic) bond motifs is 1. The van der Waals surface area contributed by atoms with Crippen molar-refractivity contribution in [2.24, 2.45) is 11.8 Å². The van der Waals surface area contributed by atoms with E-state index < -0.39 is 17.8 Å². The number of ether oxygens (including phenoxy) is 1. The third-order valence-electron chi connectivity index (χ3n) is 12.6. The van der Waals surface area contributed by atoms with E-state index in [1.807, 2.05) is 17.0 Å². The van der Waals surface area contributed by atoms with E-state index in [1.54, 1.807) is 17.0 Å². The van der Waals surface area contributed by atoms with Crippen LogP contribution in [0.15, 0.2) is 59.9 Å². The first kappa shape index (κ1) is 37.1. The molecule has 3 saturated heterocycles. The van der Waals surface area contributed by atoms with Crippen molar-refractivity contribution in [3.63, 3.8) is 0 Å². The van der Waals surface area contributed by atoms with Gasteiger partial charge in [-0.1, -0.05) is 11.6 Å². The predicted octanol–water partition coefficient (Wildman–Crippen LogP) is 6.17. The van der Waals surface area contributed by atoms with Crippen molar-refractivity contribution in [3.05, 3.63) is 82.1 Å². The lowest BCUT2D eigenvalue weighted by molar-refractivity contribution is -0.138. The Bertz CT molecular complexity index is 1930. The van der Waals surface area contributed by atoms with Crippen LogP contribution in [0.25, 0.3) is 0 Å². The maximum atomic E-state index is 13.5. The fourth-order valence-corrected chi connectivity index (χ4v) is 9.21. The minimum atomic E-state index is -4.55. The van der Waals surface area contributed by atoms with E-state index in [4.69, 9.17) is 10.00 Å². The summed E-state index contributed by atoms with van der Waals surface area (Å²) in [5, 5.41) is 11.5.